The van der Waals surface area contributed by atoms with Crippen LogP contribution in [0.25, 0.3) is 11.1 Å². The summed E-state index contributed by atoms with van der Waals surface area (Å²) in [6, 6.07) is 13.8. The third-order valence-corrected chi connectivity index (χ3v) is 4.42. The van der Waals surface area contributed by atoms with Crippen molar-refractivity contribution in [2.24, 2.45) is 0 Å². The summed E-state index contributed by atoms with van der Waals surface area (Å²) >= 11 is 0. The van der Waals surface area contributed by atoms with Gasteiger partial charge in [0.15, 0.2) is 0 Å². The first kappa shape index (κ1) is 14.2. The van der Waals surface area contributed by atoms with Gasteiger partial charge in [0.25, 0.3) is 0 Å². The molecule has 1 N–H and O–H groups in total. The van der Waals surface area contributed by atoms with E-state index in [1.807, 2.05) is 6.07 Å². The fourth-order valence-corrected chi connectivity index (χ4v) is 3.33. The molecule has 2 aromatic rings. The molecular formula is C19H23NO. The van der Waals surface area contributed by atoms with Gasteiger partial charge < -0.3 is 10.1 Å². The molecule has 0 amide bonds. The number of benzene rings is 2. The highest BCUT2D eigenvalue weighted by molar-refractivity contribution is 5.69. The van der Waals surface area contributed by atoms with Crippen LogP contribution in [0, 0.1) is 6.92 Å². The summed E-state index contributed by atoms with van der Waals surface area (Å²) in [5.74, 6) is 0.921. The Morgan fingerprint density at radius 1 is 1.19 bits per heavy atom. The van der Waals surface area contributed by atoms with Crippen LogP contribution in [-0.4, -0.2) is 13.7 Å². The Morgan fingerprint density at radius 3 is 2.76 bits per heavy atom. The van der Waals surface area contributed by atoms with Crippen molar-refractivity contribution in [1.82, 2.24) is 5.32 Å². The molecule has 1 aliphatic carbocycles. The van der Waals surface area contributed by atoms with Crippen molar-refractivity contribution in [2.45, 2.75) is 32.7 Å². The smallest absolute Gasteiger partial charge is 0.119 e. The Kier molecular flexibility index (Phi) is 3.98. The predicted octanol–water partition coefficient (Wildman–Crippen LogP) is 4.27. The van der Waals surface area contributed by atoms with Crippen molar-refractivity contribution in [3.05, 3.63) is 53.1 Å². The largest absolute Gasteiger partial charge is 0.497 e. The van der Waals surface area contributed by atoms with Crippen LogP contribution >= 0.6 is 0 Å². The lowest BCUT2D eigenvalue weighted by Gasteiger charge is -2.14. The molecule has 21 heavy (non-hydrogen) atoms. The summed E-state index contributed by atoms with van der Waals surface area (Å²) in [6.07, 6.45) is 2.39. The zero-order valence-electron chi connectivity index (χ0n) is 13.1. The third kappa shape index (κ3) is 2.68. The van der Waals surface area contributed by atoms with E-state index in [-0.39, 0.29) is 0 Å². The van der Waals surface area contributed by atoms with Crippen molar-refractivity contribution in [2.75, 3.05) is 13.7 Å². The van der Waals surface area contributed by atoms with Gasteiger partial charge in [0.05, 0.1) is 7.11 Å². The van der Waals surface area contributed by atoms with Crippen LogP contribution in [-0.2, 0) is 6.42 Å². The molecule has 0 aromatic heterocycles. The van der Waals surface area contributed by atoms with Crippen LogP contribution in [0.15, 0.2) is 36.4 Å². The van der Waals surface area contributed by atoms with Crippen molar-refractivity contribution < 1.29 is 4.74 Å². The Hall–Kier alpha value is -1.80. The molecule has 1 aliphatic rings. The van der Waals surface area contributed by atoms with Crippen molar-refractivity contribution >= 4 is 0 Å². The molecule has 0 radical (unpaired) electrons. The summed E-state index contributed by atoms with van der Waals surface area (Å²) in [6.45, 7) is 5.35. The van der Waals surface area contributed by atoms with Crippen molar-refractivity contribution in [3.63, 3.8) is 0 Å². The summed E-state index contributed by atoms with van der Waals surface area (Å²) < 4.78 is 5.29. The average molecular weight is 281 g/mol. The van der Waals surface area contributed by atoms with Gasteiger partial charge in [-0.2, -0.15) is 0 Å². The van der Waals surface area contributed by atoms with E-state index < -0.39 is 0 Å². The van der Waals surface area contributed by atoms with Gasteiger partial charge >= 0.3 is 0 Å². The number of nitrogens with one attached hydrogen (secondary N) is 1. The van der Waals surface area contributed by atoms with Gasteiger partial charge in [0, 0.05) is 6.04 Å². The van der Waals surface area contributed by atoms with Crippen molar-refractivity contribution in [3.8, 4) is 16.9 Å². The van der Waals surface area contributed by atoms with Crippen LogP contribution in [0.3, 0.4) is 0 Å². The van der Waals surface area contributed by atoms with Crippen LogP contribution < -0.4 is 10.1 Å². The number of rotatable bonds is 4. The van der Waals surface area contributed by atoms with Gasteiger partial charge in [0.1, 0.15) is 5.75 Å². The molecule has 0 heterocycles. The van der Waals surface area contributed by atoms with E-state index in [9.17, 15) is 0 Å². The van der Waals surface area contributed by atoms with Crippen LogP contribution in [0.1, 0.15) is 36.1 Å². The first-order valence-electron chi connectivity index (χ1n) is 7.74. The maximum atomic E-state index is 5.29. The molecule has 0 fully saturated rings. The Balaban J connectivity index is 1.95. The minimum atomic E-state index is 0.538. The van der Waals surface area contributed by atoms with Gasteiger partial charge in [-0.1, -0.05) is 31.2 Å². The van der Waals surface area contributed by atoms with Gasteiger partial charge in [-0.25, -0.2) is 0 Å². The molecule has 2 heteroatoms. The van der Waals surface area contributed by atoms with E-state index in [0.29, 0.717) is 6.04 Å². The Bertz CT molecular complexity index is 648. The van der Waals surface area contributed by atoms with E-state index in [2.05, 4.69) is 49.5 Å². The highest BCUT2D eigenvalue weighted by Gasteiger charge is 2.21. The number of ether oxygens (including phenoxy) is 1. The standard InChI is InChI=1S/C19H23NO/c1-4-20-19-10-6-15-12-14(5-8-18(15)19)17-9-7-16(21-3)11-13(17)2/h5,7-9,11-12,19-20H,4,6,10H2,1-3H3. The molecule has 2 aromatic carbocycles. The lowest BCUT2D eigenvalue weighted by Crippen LogP contribution is -2.18. The molecule has 1 atom stereocenters. The zero-order valence-corrected chi connectivity index (χ0v) is 13.1. The maximum absolute atomic E-state index is 5.29. The van der Waals surface area contributed by atoms with E-state index in [0.717, 1.165) is 12.3 Å². The summed E-state index contributed by atoms with van der Waals surface area (Å²) in [7, 11) is 1.71. The lowest BCUT2D eigenvalue weighted by atomic mass is 9.96. The Labute approximate surface area is 127 Å². The third-order valence-electron chi connectivity index (χ3n) is 4.42. The molecule has 0 spiro atoms. The second-order valence-electron chi connectivity index (χ2n) is 5.74. The van der Waals surface area contributed by atoms with Crippen LogP contribution in [0.5, 0.6) is 5.75 Å². The second kappa shape index (κ2) is 5.90. The number of hydrogen-bond donors (Lipinski definition) is 1. The van der Waals surface area contributed by atoms with Crippen LogP contribution in [0.4, 0.5) is 0 Å². The number of hydrogen-bond acceptors (Lipinski definition) is 2. The summed E-state index contributed by atoms with van der Waals surface area (Å²) in [5.41, 5.74) is 6.84. The average Bonchev–Trinajstić information content (AvgIpc) is 2.90. The Morgan fingerprint density at radius 2 is 2.05 bits per heavy atom. The van der Waals surface area contributed by atoms with Gasteiger partial charge in [-0.05, 0) is 66.3 Å². The second-order valence-corrected chi connectivity index (χ2v) is 5.74. The molecule has 0 saturated carbocycles. The predicted molar refractivity (Wildman–Crippen MR) is 87.9 cm³/mol. The molecule has 0 saturated heterocycles. The monoisotopic (exact) mass is 281 g/mol. The highest BCUT2D eigenvalue weighted by atomic mass is 16.5. The minimum Gasteiger partial charge on any atom is -0.497 e. The minimum absolute atomic E-state index is 0.538. The maximum Gasteiger partial charge on any atom is 0.119 e. The fraction of sp³-hybridized carbons (Fsp3) is 0.368. The topological polar surface area (TPSA) is 21.3 Å². The van der Waals surface area contributed by atoms with E-state index in [1.165, 1.54) is 40.7 Å². The molecular weight excluding hydrogens is 258 g/mol. The number of methoxy groups -OCH3 is 1. The van der Waals surface area contributed by atoms with Gasteiger partial charge in [-0.3, -0.25) is 0 Å². The van der Waals surface area contributed by atoms with Gasteiger partial charge in [0.2, 0.25) is 0 Å². The first-order valence-corrected chi connectivity index (χ1v) is 7.74. The highest BCUT2D eigenvalue weighted by Crippen LogP contribution is 2.35. The van der Waals surface area contributed by atoms with E-state index in [1.54, 1.807) is 7.11 Å². The molecule has 2 nitrogen and oxygen atoms in total. The first-order chi connectivity index (χ1) is 10.2. The molecule has 0 aliphatic heterocycles. The lowest BCUT2D eigenvalue weighted by molar-refractivity contribution is 0.414. The number of fused-ring (bicyclic) bond motifs is 1. The van der Waals surface area contributed by atoms with E-state index >= 15 is 0 Å². The summed E-state index contributed by atoms with van der Waals surface area (Å²) in [5, 5.41) is 3.57. The van der Waals surface area contributed by atoms with Crippen molar-refractivity contribution in [1.29, 1.82) is 0 Å². The van der Waals surface area contributed by atoms with Crippen LogP contribution in [0.2, 0.25) is 0 Å². The molecule has 0 bridgehead atoms. The fourth-order valence-electron chi connectivity index (χ4n) is 3.33. The molecule has 3 rings (SSSR count). The van der Waals surface area contributed by atoms with E-state index in [4.69, 9.17) is 4.74 Å². The number of aryl methyl sites for hydroxylation is 2. The zero-order chi connectivity index (χ0) is 14.8. The molecule has 1 unspecified atom stereocenters. The summed E-state index contributed by atoms with van der Waals surface area (Å²) in [4.78, 5) is 0. The SMILES string of the molecule is CCNC1CCc2cc(-c3ccc(OC)cc3C)ccc21. The quantitative estimate of drug-likeness (QED) is 0.903. The van der Waals surface area contributed by atoms with Gasteiger partial charge in [-0.15, -0.1) is 0 Å². The normalized spacial score (nSPS) is 16.8. The molecule has 110 valence electrons.